The van der Waals surface area contributed by atoms with Crippen molar-refractivity contribution >= 4 is 40.8 Å². The van der Waals surface area contributed by atoms with E-state index in [9.17, 15) is 9.59 Å². The van der Waals surface area contributed by atoms with Crippen LogP contribution in [0.1, 0.15) is 18.7 Å². The number of nitrogens with one attached hydrogen (secondary N) is 3. The van der Waals surface area contributed by atoms with Gasteiger partial charge in [0.1, 0.15) is 11.7 Å². The van der Waals surface area contributed by atoms with Crippen molar-refractivity contribution in [1.82, 2.24) is 20.2 Å². The molecule has 0 radical (unpaired) electrons. The number of hydrogen-bond donors (Lipinski definition) is 3. The van der Waals surface area contributed by atoms with Gasteiger partial charge in [0, 0.05) is 21.8 Å². The highest BCUT2D eigenvalue weighted by atomic mass is 35.5. The molecule has 0 unspecified atom stereocenters. The number of carbonyl (C=O) groups is 2. The molecule has 1 aromatic carbocycles. The summed E-state index contributed by atoms with van der Waals surface area (Å²) in [5, 5.41) is 14.2. The van der Waals surface area contributed by atoms with Crippen molar-refractivity contribution in [3.8, 4) is 0 Å². The second kappa shape index (κ2) is 6.35. The normalized spacial score (nSPS) is 17.5. The standard InChI is InChI=1S/C14H12ClN5O2S/c1-7-11(13(21)17-9-4-2-3-8(15)5-9)12(18-14(22)16-7)10-6-23-20-19-10/h2-6,12H,1H3,(H,17,21)(H2,16,18,22)/t12-/m1/s1. The highest BCUT2D eigenvalue weighted by Gasteiger charge is 2.32. The van der Waals surface area contributed by atoms with E-state index in [0.29, 0.717) is 27.7 Å². The summed E-state index contributed by atoms with van der Waals surface area (Å²) in [7, 11) is 0. The Morgan fingerprint density at radius 1 is 1.43 bits per heavy atom. The zero-order chi connectivity index (χ0) is 16.4. The van der Waals surface area contributed by atoms with Gasteiger partial charge in [0.2, 0.25) is 0 Å². The van der Waals surface area contributed by atoms with Crippen molar-refractivity contribution in [2.24, 2.45) is 0 Å². The number of hydrogen-bond acceptors (Lipinski definition) is 5. The first kappa shape index (κ1) is 15.4. The topological polar surface area (TPSA) is 96.0 Å². The van der Waals surface area contributed by atoms with E-state index in [1.807, 2.05) is 0 Å². The van der Waals surface area contributed by atoms with Crippen LogP contribution in [0.3, 0.4) is 0 Å². The first-order valence-electron chi connectivity index (χ1n) is 6.67. The Kier molecular flexibility index (Phi) is 4.26. The fourth-order valence-electron chi connectivity index (χ4n) is 2.28. The van der Waals surface area contributed by atoms with Gasteiger partial charge in [-0.15, -0.1) is 5.10 Å². The quantitative estimate of drug-likeness (QED) is 0.793. The van der Waals surface area contributed by atoms with Crippen LogP contribution in [-0.2, 0) is 4.79 Å². The number of nitrogens with zero attached hydrogens (tertiary/aromatic N) is 2. The fourth-order valence-corrected chi connectivity index (χ4v) is 2.95. The van der Waals surface area contributed by atoms with E-state index in [1.165, 1.54) is 0 Å². The van der Waals surface area contributed by atoms with E-state index in [2.05, 4.69) is 25.5 Å². The largest absolute Gasteiger partial charge is 0.325 e. The molecule has 2 aromatic rings. The number of allylic oxidation sites excluding steroid dienone is 1. The molecule has 1 aliphatic heterocycles. The Bertz CT molecular complexity index is 790. The van der Waals surface area contributed by atoms with Gasteiger partial charge < -0.3 is 16.0 Å². The SMILES string of the molecule is CC1=C(C(=O)Nc2cccc(Cl)c2)[C@@H](c2csnn2)NC(=O)N1. The van der Waals surface area contributed by atoms with Crippen LogP contribution in [0.25, 0.3) is 0 Å². The Labute approximate surface area is 140 Å². The number of urea groups is 1. The molecule has 3 rings (SSSR count). The molecule has 118 valence electrons. The van der Waals surface area contributed by atoms with Gasteiger partial charge in [-0.25, -0.2) is 4.79 Å². The number of aromatic nitrogens is 2. The van der Waals surface area contributed by atoms with E-state index in [0.717, 1.165) is 11.5 Å². The van der Waals surface area contributed by atoms with Crippen LogP contribution in [0.2, 0.25) is 5.02 Å². The lowest BCUT2D eigenvalue weighted by molar-refractivity contribution is -0.113. The molecule has 0 saturated heterocycles. The third-order valence-electron chi connectivity index (χ3n) is 3.27. The number of carbonyl (C=O) groups excluding carboxylic acids is 2. The van der Waals surface area contributed by atoms with Crippen LogP contribution in [-0.4, -0.2) is 21.5 Å². The molecule has 1 atom stereocenters. The number of benzene rings is 1. The highest BCUT2D eigenvalue weighted by molar-refractivity contribution is 7.03. The summed E-state index contributed by atoms with van der Waals surface area (Å²) >= 11 is 7.07. The van der Waals surface area contributed by atoms with Crippen molar-refractivity contribution in [1.29, 1.82) is 0 Å². The summed E-state index contributed by atoms with van der Waals surface area (Å²) in [6, 6.07) is 5.79. The molecule has 0 spiro atoms. The van der Waals surface area contributed by atoms with Crippen molar-refractivity contribution in [2.75, 3.05) is 5.32 Å². The van der Waals surface area contributed by atoms with Crippen LogP contribution in [0, 0.1) is 0 Å². The Balaban J connectivity index is 1.92. The lowest BCUT2D eigenvalue weighted by atomic mass is 10.00. The van der Waals surface area contributed by atoms with Gasteiger partial charge in [-0.3, -0.25) is 4.79 Å². The summed E-state index contributed by atoms with van der Waals surface area (Å²) in [4.78, 5) is 24.4. The third kappa shape index (κ3) is 3.33. The smallest absolute Gasteiger partial charge is 0.319 e. The fraction of sp³-hybridized carbons (Fsp3) is 0.143. The van der Waals surface area contributed by atoms with Gasteiger partial charge in [-0.2, -0.15) is 0 Å². The molecule has 7 nitrogen and oxygen atoms in total. The second-order valence-corrected chi connectivity index (χ2v) is 5.91. The monoisotopic (exact) mass is 349 g/mol. The molecule has 1 aromatic heterocycles. The molecule has 0 aliphatic carbocycles. The zero-order valence-corrected chi connectivity index (χ0v) is 13.5. The molecule has 3 N–H and O–H groups in total. The van der Waals surface area contributed by atoms with Crippen molar-refractivity contribution in [2.45, 2.75) is 13.0 Å². The molecular weight excluding hydrogens is 338 g/mol. The van der Waals surface area contributed by atoms with Crippen LogP contribution in [0.5, 0.6) is 0 Å². The van der Waals surface area contributed by atoms with Crippen LogP contribution in [0.4, 0.5) is 10.5 Å². The van der Waals surface area contributed by atoms with Gasteiger partial charge in [0.25, 0.3) is 5.91 Å². The molecule has 23 heavy (non-hydrogen) atoms. The molecule has 0 bridgehead atoms. The predicted molar refractivity (Wildman–Crippen MR) is 87.1 cm³/mol. The summed E-state index contributed by atoms with van der Waals surface area (Å²) in [5.74, 6) is -0.352. The minimum atomic E-state index is -0.651. The van der Waals surface area contributed by atoms with E-state index >= 15 is 0 Å². The minimum Gasteiger partial charge on any atom is -0.325 e. The maximum absolute atomic E-state index is 12.7. The molecule has 9 heteroatoms. The molecule has 2 heterocycles. The van der Waals surface area contributed by atoms with Gasteiger partial charge in [0.05, 0.1) is 5.57 Å². The zero-order valence-electron chi connectivity index (χ0n) is 12.0. The minimum absolute atomic E-state index is 0.352. The first-order chi connectivity index (χ1) is 11.0. The van der Waals surface area contributed by atoms with Crippen LogP contribution >= 0.6 is 23.1 Å². The summed E-state index contributed by atoms with van der Waals surface area (Å²) in [6.07, 6.45) is 0. The first-order valence-corrected chi connectivity index (χ1v) is 7.88. The van der Waals surface area contributed by atoms with Crippen molar-refractivity contribution < 1.29 is 9.59 Å². The van der Waals surface area contributed by atoms with E-state index in [4.69, 9.17) is 11.6 Å². The Morgan fingerprint density at radius 3 is 2.96 bits per heavy atom. The van der Waals surface area contributed by atoms with Crippen molar-refractivity contribution in [3.05, 3.63) is 51.6 Å². The average molecular weight is 350 g/mol. The maximum atomic E-state index is 12.7. The molecule has 0 saturated carbocycles. The Morgan fingerprint density at radius 2 is 2.26 bits per heavy atom. The van der Waals surface area contributed by atoms with E-state index in [-0.39, 0.29) is 11.9 Å². The van der Waals surface area contributed by atoms with Gasteiger partial charge in [-0.1, -0.05) is 22.2 Å². The molecular formula is C14H12ClN5O2S. The van der Waals surface area contributed by atoms with Gasteiger partial charge >= 0.3 is 6.03 Å². The molecule has 3 amide bonds. The van der Waals surface area contributed by atoms with E-state index in [1.54, 1.807) is 36.6 Å². The molecule has 0 fully saturated rings. The van der Waals surface area contributed by atoms with Crippen molar-refractivity contribution in [3.63, 3.8) is 0 Å². The highest BCUT2D eigenvalue weighted by Crippen LogP contribution is 2.27. The summed E-state index contributed by atoms with van der Waals surface area (Å²) in [6.45, 7) is 1.67. The summed E-state index contributed by atoms with van der Waals surface area (Å²) < 4.78 is 3.79. The van der Waals surface area contributed by atoms with Gasteiger partial charge in [0.15, 0.2) is 0 Å². The average Bonchev–Trinajstić information content (AvgIpc) is 3.00. The number of anilines is 1. The van der Waals surface area contributed by atoms with Crippen LogP contribution in [0.15, 0.2) is 40.9 Å². The lowest BCUT2D eigenvalue weighted by Crippen LogP contribution is -2.46. The maximum Gasteiger partial charge on any atom is 0.319 e. The lowest BCUT2D eigenvalue weighted by Gasteiger charge is -2.26. The Hall–Kier alpha value is -2.45. The summed E-state index contributed by atoms with van der Waals surface area (Å²) in [5.41, 5.74) is 1.92. The number of amides is 3. The number of halogens is 1. The molecule has 1 aliphatic rings. The van der Waals surface area contributed by atoms with Crippen LogP contribution < -0.4 is 16.0 Å². The third-order valence-corrected chi connectivity index (χ3v) is 4.03. The predicted octanol–water partition coefficient (Wildman–Crippen LogP) is 2.46. The number of rotatable bonds is 3. The van der Waals surface area contributed by atoms with Gasteiger partial charge in [-0.05, 0) is 36.7 Å². The second-order valence-electron chi connectivity index (χ2n) is 4.86. The van der Waals surface area contributed by atoms with E-state index < -0.39 is 6.04 Å².